The van der Waals surface area contributed by atoms with Gasteiger partial charge in [0.15, 0.2) is 0 Å². The summed E-state index contributed by atoms with van der Waals surface area (Å²) in [5.74, 6) is -0.629. The maximum Gasteiger partial charge on any atom is 0.407 e. The first-order valence-electron chi connectivity index (χ1n) is 12.9. The van der Waals surface area contributed by atoms with E-state index < -0.39 is 28.7 Å². The quantitative estimate of drug-likeness (QED) is 0.551. The highest BCUT2D eigenvalue weighted by Gasteiger charge is 2.51. The van der Waals surface area contributed by atoms with E-state index in [-0.39, 0.29) is 23.7 Å². The lowest BCUT2D eigenvalue weighted by Gasteiger charge is -2.51. The fourth-order valence-electron chi connectivity index (χ4n) is 6.10. The second-order valence-electron chi connectivity index (χ2n) is 11.7. The van der Waals surface area contributed by atoms with Gasteiger partial charge < -0.3 is 25.4 Å². The van der Waals surface area contributed by atoms with E-state index in [2.05, 4.69) is 10.6 Å². The van der Waals surface area contributed by atoms with Crippen molar-refractivity contribution in [3.63, 3.8) is 0 Å². The average Bonchev–Trinajstić information content (AvgIpc) is 3.21. The van der Waals surface area contributed by atoms with Gasteiger partial charge in [-0.05, 0) is 49.3 Å². The number of nitrogens with zero attached hydrogens (tertiary/aromatic N) is 1. The van der Waals surface area contributed by atoms with E-state index in [0.29, 0.717) is 50.4 Å². The van der Waals surface area contributed by atoms with Crippen LogP contribution in [0, 0.1) is 17.3 Å². The van der Waals surface area contributed by atoms with Crippen LogP contribution in [0.15, 0.2) is 24.3 Å². The summed E-state index contributed by atoms with van der Waals surface area (Å²) in [7, 11) is 0. The number of rotatable bonds is 5. The van der Waals surface area contributed by atoms with Crippen molar-refractivity contribution in [2.75, 3.05) is 19.7 Å². The molecule has 36 heavy (non-hydrogen) atoms. The van der Waals surface area contributed by atoms with Crippen molar-refractivity contribution in [2.24, 2.45) is 17.3 Å². The lowest BCUT2D eigenvalue weighted by molar-refractivity contribution is -0.157. The van der Waals surface area contributed by atoms with Gasteiger partial charge in [0.1, 0.15) is 6.04 Å². The van der Waals surface area contributed by atoms with Crippen LogP contribution in [0.5, 0.6) is 0 Å². The predicted molar refractivity (Wildman–Crippen MR) is 136 cm³/mol. The van der Waals surface area contributed by atoms with Gasteiger partial charge in [-0.3, -0.25) is 9.59 Å². The molecule has 4 unspecified atom stereocenters. The Hall–Kier alpha value is -2.32. The number of cyclic esters (lactones) is 1. The third kappa shape index (κ3) is 5.07. The van der Waals surface area contributed by atoms with E-state index in [9.17, 15) is 19.5 Å². The molecule has 4 atom stereocenters. The minimum atomic E-state index is -1.10. The topological polar surface area (TPSA) is 108 Å². The van der Waals surface area contributed by atoms with Crippen molar-refractivity contribution in [1.82, 2.24) is 15.5 Å². The van der Waals surface area contributed by atoms with Crippen molar-refractivity contribution in [3.8, 4) is 0 Å². The molecule has 2 aliphatic heterocycles. The van der Waals surface area contributed by atoms with Crippen molar-refractivity contribution < 1.29 is 24.2 Å². The molecule has 3 fully saturated rings. The summed E-state index contributed by atoms with van der Waals surface area (Å²) in [6.45, 7) is 8.89. The van der Waals surface area contributed by atoms with Gasteiger partial charge in [0.2, 0.25) is 11.8 Å². The molecule has 1 spiro atoms. The summed E-state index contributed by atoms with van der Waals surface area (Å²) in [5, 5.41) is 18.2. The third-order valence-corrected chi connectivity index (χ3v) is 8.73. The Morgan fingerprint density at radius 3 is 2.50 bits per heavy atom. The Kier molecular flexibility index (Phi) is 7.32. The second kappa shape index (κ2) is 9.86. The number of amides is 3. The Labute approximate surface area is 218 Å². The minimum absolute atomic E-state index is 0.0974. The van der Waals surface area contributed by atoms with E-state index in [1.54, 1.807) is 17.0 Å². The molecule has 8 nitrogen and oxygen atoms in total. The normalized spacial score (nSPS) is 30.6. The minimum Gasteiger partial charge on any atom is -0.449 e. The third-order valence-electron chi connectivity index (χ3n) is 8.47. The summed E-state index contributed by atoms with van der Waals surface area (Å²) >= 11 is 6.04. The van der Waals surface area contributed by atoms with Crippen molar-refractivity contribution in [2.45, 2.75) is 77.0 Å². The molecule has 3 amide bonds. The average molecular weight is 520 g/mol. The summed E-state index contributed by atoms with van der Waals surface area (Å²) in [5.41, 5.74) is -1.32. The first-order chi connectivity index (χ1) is 16.9. The highest BCUT2D eigenvalue weighted by molar-refractivity contribution is 6.30. The lowest BCUT2D eigenvalue weighted by Crippen LogP contribution is -2.60. The van der Waals surface area contributed by atoms with Gasteiger partial charge in [-0.1, -0.05) is 51.4 Å². The van der Waals surface area contributed by atoms with Crippen LogP contribution in [0.25, 0.3) is 0 Å². The summed E-state index contributed by atoms with van der Waals surface area (Å²) in [6, 6.07) is 6.56. The number of halogens is 1. The van der Waals surface area contributed by atoms with E-state index in [4.69, 9.17) is 16.3 Å². The molecule has 1 saturated carbocycles. The van der Waals surface area contributed by atoms with Gasteiger partial charge in [-0.2, -0.15) is 0 Å². The number of piperidine rings is 1. The highest BCUT2D eigenvalue weighted by Crippen LogP contribution is 2.46. The summed E-state index contributed by atoms with van der Waals surface area (Å²) < 4.78 is 5.00. The van der Waals surface area contributed by atoms with Crippen LogP contribution in [0.2, 0.25) is 5.02 Å². The van der Waals surface area contributed by atoms with Crippen LogP contribution in [0.1, 0.15) is 65.4 Å². The molecule has 9 heteroatoms. The molecule has 3 N–H and O–H groups in total. The first kappa shape index (κ1) is 26.7. The van der Waals surface area contributed by atoms with E-state index in [1.807, 2.05) is 39.8 Å². The zero-order chi connectivity index (χ0) is 26.3. The number of hydrogen-bond donors (Lipinski definition) is 3. The molecular weight excluding hydrogens is 482 g/mol. The highest BCUT2D eigenvalue weighted by atomic mass is 35.5. The van der Waals surface area contributed by atoms with Crippen LogP contribution in [0.4, 0.5) is 4.79 Å². The fourth-order valence-corrected chi connectivity index (χ4v) is 6.22. The van der Waals surface area contributed by atoms with E-state index in [0.717, 1.165) is 12.0 Å². The van der Waals surface area contributed by atoms with Crippen molar-refractivity contribution in [3.05, 3.63) is 34.9 Å². The Balaban J connectivity index is 1.42. The molecule has 2 heterocycles. The van der Waals surface area contributed by atoms with E-state index in [1.165, 1.54) is 0 Å². The number of carbonyl (C=O) groups excluding carboxylic acids is 3. The zero-order valence-electron chi connectivity index (χ0n) is 21.6. The number of ether oxygens (including phenoxy) is 1. The molecule has 3 aliphatic rings. The second-order valence-corrected chi connectivity index (χ2v) is 12.2. The Morgan fingerprint density at radius 1 is 1.19 bits per heavy atom. The molecule has 0 bridgehead atoms. The largest absolute Gasteiger partial charge is 0.449 e. The monoisotopic (exact) mass is 519 g/mol. The predicted octanol–water partition coefficient (Wildman–Crippen LogP) is 3.60. The Bertz CT molecular complexity index is 1010. The van der Waals surface area contributed by atoms with Crippen LogP contribution < -0.4 is 10.6 Å². The lowest BCUT2D eigenvalue weighted by atomic mass is 9.66. The molecule has 1 aromatic carbocycles. The van der Waals surface area contributed by atoms with Crippen LogP contribution in [-0.2, 0) is 19.9 Å². The van der Waals surface area contributed by atoms with Gasteiger partial charge in [0, 0.05) is 41.4 Å². The van der Waals surface area contributed by atoms with Gasteiger partial charge in [-0.25, -0.2) is 4.79 Å². The molecule has 1 aliphatic carbocycles. The zero-order valence-corrected chi connectivity index (χ0v) is 22.4. The fraction of sp³-hybridized carbons (Fsp3) is 0.667. The number of hydrogen-bond acceptors (Lipinski definition) is 5. The smallest absolute Gasteiger partial charge is 0.407 e. The van der Waals surface area contributed by atoms with Crippen LogP contribution in [0.3, 0.4) is 0 Å². The number of carbonyl (C=O) groups is 3. The molecular formula is C27H38ClN3O5. The van der Waals surface area contributed by atoms with Gasteiger partial charge >= 0.3 is 6.09 Å². The van der Waals surface area contributed by atoms with E-state index >= 15 is 0 Å². The molecule has 198 valence electrons. The SMILES string of the molecule is CC(C)C(NC(=O)C1CCC2(CCOC(=O)N2)C1)C(=O)N1CCC(O)(c2ccc(Cl)cc2)C(C)(C)C1. The first-order valence-corrected chi connectivity index (χ1v) is 13.3. The van der Waals surface area contributed by atoms with Gasteiger partial charge in [0.25, 0.3) is 0 Å². The molecule has 4 rings (SSSR count). The number of benzene rings is 1. The molecule has 2 saturated heterocycles. The molecule has 1 aromatic rings. The van der Waals surface area contributed by atoms with Crippen molar-refractivity contribution in [1.29, 1.82) is 0 Å². The molecule has 0 radical (unpaired) electrons. The number of likely N-dealkylation sites (tertiary alicyclic amines) is 1. The number of nitrogens with one attached hydrogen (secondary N) is 2. The number of alkyl carbamates (subject to hydrolysis) is 1. The van der Waals surface area contributed by atoms with Crippen molar-refractivity contribution >= 4 is 29.5 Å². The van der Waals surface area contributed by atoms with Crippen LogP contribution in [-0.4, -0.2) is 59.2 Å². The Morgan fingerprint density at radius 2 is 1.89 bits per heavy atom. The summed E-state index contributed by atoms with van der Waals surface area (Å²) in [4.78, 5) is 40.4. The summed E-state index contributed by atoms with van der Waals surface area (Å²) in [6.07, 6.45) is 2.59. The van der Waals surface area contributed by atoms with Crippen LogP contribution >= 0.6 is 11.6 Å². The maximum atomic E-state index is 13.6. The van der Waals surface area contributed by atoms with Gasteiger partial charge in [-0.15, -0.1) is 0 Å². The standard InChI is InChI=1S/C27H38ClN3O5/c1-17(2)21(29-22(32)18-9-10-26(15-18)12-14-36-24(34)30-26)23(33)31-13-11-27(35,25(3,4)16-31)19-5-7-20(28)8-6-19/h5-8,17-18,21,35H,9-16H2,1-4H3,(H,29,32)(H,30,34). The molecule has 0 aromatic heterocycles. The number of aliphatic hydroxyl groups is 1. The van der Waals surface area contributed by atoms with Gasteiger partial charge in [0.05, 0.1) is 12.2 Å². The maximum absolute atomic E-state index is 13.6.